The van der Waals surface area contributed by atoms with Gasteiger partial charge in [0.15, 0.2) is 11.3 Å². The van der Waals surface area contributed by atoms with Gasteiger partial charge in [0.2, 0.25) is 5.75 Å². The second kappa shape index (κ2) is 3.05. The number of nitro groups is 1. The molecule has 0 atom stereocenters. The quantitative estimate of drug-likeness (QED) is 0.409. The van der Waals surface area contributed by atoms with E-state index < -0.39 is 22.1 Å². The zero-order valence-electron chi connectivity index (χ0n) is 7.28. The summed E-state index contributed by atoms with van der Waals surface area (Å²) in [7, 11) is 0. The summed E-state index contributed by atoms with van der Waals surface area (Å²) in [5.41, 5.74) is -0.546. The average molecular weight is 207 g/mol. The lowest BCUT2D eigenvalue weighted by Gasteiger charge is -2.01. The van der Waals surface area contributed by atoms with Crippen molar-refractivity contribution in [2.24, 2.45) is 0 Å². The second-order valence-corrected chi connectivity index (χ2v) is 2.77. The van der Waals surface area contributed by atoms with Gasteiger partial charge in [-0.1, -0.05) is 0 Å². The first-order chi connectivity index (χ1) is 7.11. The highest BCUT2D eigenvalue weighted by Gasteiger charge is 2.23. The fourth-order valence-corrected chi connectivity index (χ4v) is 1.24. The number of hydrogen-bond donors (Lipinski definition) is 2. The lowest BCUT2D eigenvalue weighted by molar-refractivity contribution is -0.384. The summed E-state index contributed by atoms with van der Waals surface area (Å²) in [5, 5.41) is 29.2. The molecule has 0 aliphatic carbocycles. The molecule has 0 radical (unpaired) electrons. The third-order valence-electron chi connectivity index (χ3n) is 1.87. The predicted octanol–water partition coefficient (Wildman–Crippen LogP) is 0.949. The molecule has 0 fully saturated rings. The van der Waals surface area contributed by atoms with E-state index in [9.17, 15) is 20.3 Å². The van der Waals surface area contributed by atoms with E-state index in [4.69, 9.17) is 0 Å². The number of fused-ring (bicyclic) bond motifs is 1. The molecule has 2 rings (SSSR count). The van der Waals surface area contributed by atoms with E-state index in [1.807, 2.05) is 0 Å². The van der Waals surface area contributed by atoms with Crippen LogP contribution in [0.3, 0.4) is 0 Å². The summed E-state index contributed by atoms with van der Waals surface area (Å²) in [6, 6.07) is 1.12. The van der Waals surface area contributed by atoms with Gasteiger partial charge in [-0.3, -0.25) is 15.1 Å². The van der Waals surface area contributed by atoms with Crippen LogP contribution in [-0.4, -0.2) is 25.1 Å². The molecule has 0 bridgehead atoms. The van der Waals surface area contributed by atoms with Gasteiger partial charge in [0.25, 0.3) is 0 Å². The Labute approximate surface area is 82.8 Å². The van der Waals surface area contributed by atoms with Gasteiger partial charge >= 0.3 is 5.69 Å². The van der Waals surface area contributed by atoms with Crippen molar-refractivity contribution in [3.63, 3.8) is 0 Å². The first-order valence-electron chi connectivity index (χ1n) is 3.91. The molecule has 0 aliphatic heterocycles. The number of phenols is 2. The van der Waals surface area contributed by atoms with Crippen LogP contribution in [0.25, 0.3) is 11.0 Å². The summed E-state index contributed by atoms with van der Waals surface area (Å²) in [5.74, 6) is -1.39. The van der Waals surface area contributed by atoms with Gasteiger partial charge in [-0.15, -0.1) is 0 Å². The molecule has 7 heteroatoms. The standard InChI is InChI=1S/C8H5N3O4/c12-5-3-4-6(10-2-1-9-4)7(8(5)13)11(14)15/h1-3,12-13H. The van der Waals surface area contributed by atoms with Crippen molar-refractivity contribution < 1.29 is 15.1 Å². The monoisotopic (exact) mass is 207 g/mol. The highest BCUT2D eigenvalue weighted by atomic mass is 16.6. The fourth-order valence-electron chi connectivity index (χ4n) is 1.24. The molecular weight excluding hydrogens is 202 g/mol. The van der Waals surface area contributed by atoms with Crippen LogP contribution < -0.4 is 0 Å². The van der Waals surface area contributed by atoms with Gasteiger partial charge in [-0.05, 0) is 0 Å². The summed E-state index contributed by atoms with van der Waals surface area (Å²) in [6.45, 7) is 0. The third-order valence-corrected chi connectivity index (χ3v) is 1.87. The topological polar surface area (TPSA) is 109 Å². The van der Waals surface area contributed by atoms with Gasteiger partial charge in [0.05, 0.1) is 10.4 Å². The van der Waals surface area contributed by atoms with Gasteiger partial charge in [-0.2, -0.15) is 0 Å². The van der Waals surface area contributed by atoms with Crippen LogP contribution >= 0.6 is 0 Å². The van der Waals surface area contributed by atoms with E-state index >= 15 is 0 Å². The summed E-state index contributed by atoms with van der Waals surface area (Å²) in [6.07, 6.45) is 2.61. The molecule has 15 heavy (non-hydrogen) atoms. The maximum Gasteiger partial charge on any atom is 0.342 e. The molecule has 0 amide bonds. The molecule has 0 aliphatic rings. The van der Waals surface area contributed by atoms with Crippen LogP contribution in [0.4, 0.5) is 5.69 Å². The average Bonchev–Trinajstić information content (AvgIpc) is 2.19. The van der Waals surface area contributed by atoms with E-state index in [1.54, 1.807) is 0 Å². The van der Waals surface area contributed by atoms with Gasteiger partial charge < -0.3 is 10.2 Å². The lowest BCUT2D eigenvalue weighted by Crippen LogP contribution is -1.93. The van der Waals surface area contributed by atoms with E-state index in [2.05, 4.69) is 9.97 Å². The number of aromatic nitrogens is 2. The molecule has 1 heterocycles. The lowest BCUT2D eigenvalue weighted by atomic mass is 10.2. The number of benzene rings is 1. The Hall–Kier alpha value is -2.44. The molecule has 1 aromatic carbocycles. The minimum atomic E-state index is -0.813. The molecule has 2 aromatic rings. The van der Waals surface area contributed by atoms with Gasteiger partial charge in [0, 0.05) is 18.5 Å². The van der Waals surface area contributed by atoms with Crippen molar-refractivity contribution in [3.8, 4) is 11.5 Å². The third kappa shape index (κ3) is 1.30. The van der Waals surface area contributed by atoms with Gasteiger partial charge in [0.1, 0.15) is 0 Å². The van der Waals surface area contributed by atoms with Crippen molar-refractivity contribution in [1.29, 1.82) is 0 Å². The van der Waals surface area contributed by atoms with E-state index in [0.717, 1.165) is 6.07 Å². The van der Waals surface area contributed by atoms with Crippen molar-refractivity contribution in [3.05, 3.63) is 28.6 Å². The van der Waals surface area contributed by atoms with Crippen molar-refractivity contribution >= 4 is 16.7 Å². The van der Waals surface area contributed by atoms with E-state index in [1.165, 1.54) is 12.4 Å². The highest BCUT2D eigenvalue weighted by Crippen LogP contribution is 2.39. The Morgan fingerprint density at radius 1 is 1.27 bits per heavy atom. The van der Waals surface area contributed by atoms with Crippen molar-refractivity contribution in [2.75, 3.05) is 0 Å². The smallest absolute Gasteiger partial charge is 0.342 e. The van der Waals surface area contributed by atoms with E-state index in [-0.39, 0.29) is 11.0 Å². The molecule has 0 saturated carbocycles. The first kappa shape index (κ1) is 9.13. The Bertz CT molecular complexity index is 555. The maximum atomic E-state index is 10.7. The Morgan fingerprint density at radius 2 is 1.93 bits per heavy atom. The molecule has 0 unspecified atom stereocenters. The normalized spacial score (nSPS) is 10.4. The number of nitrogens with zero attached hydrogens (tertiary/aromatic N) is 3. The van der Waals surface area contributed by atoms with Gasteiger partial charge in [-0.25, -0.2) is 4.98 Å². The molecular formula is C8H5N3O4. The van der Waals surface area contributed by atoms with Crippen LogP contribution in [-0.2, 0) is 0 Å². The Balaban J connectivity index is 2.95. The van der Waals surface area contributed by atoms with Crippen LogP contribution in [0.2, 0.25) is 0 Å². The second-order valence-electron chi connectivity index (χ2n) is 2.77. The fraction of sp³-hybridized carbons (Fsp3) is 0. The first-order valence-corrected chi connectivity index (χ1v) is 3.91. The number of nitro benzene ring substituents is 1. The number of phenolic OH excluding ortho intramolecular Hbond substituents is 2. The maximum absolute atomic E-state index is 10.7. The molecule has 0 saturated heterocycles. The number of hydrogen-bond acceptors (Lipinski definition) is 6. The molecule has 1 aromatic heterocycles. The SMILES string of the molecule is O=[N+]([O-])c1c(O)c(O)cc2nccnc12. The minimum absolute atomic E-state index is 0.0576. The number of rotatable bonds is 1. The largest absolute Gasteiger partial charge is 0.504 e. The summed E-state index contributed by atoms with van der Waals surface area (Å²) in [4.78, 5) is 17.4. The molecule has 76 valence electrons. The minimum Gasteiger partial charge on any atom is -0.504 e. The number of aromatic hydroxyl groups is 2. The predicted molar refractivity (Wildman–Crippen MR) is 49.5 cm³/mol. The van der Waals surface area contributed by atoms with Crippen molar-refractivity contribution in [1.82, 2.24) is 9.97 Å². The molecule has 2 N–H and O–H groups in total. The Morgan fingerprint density at radius 3 is 2.60 bits per heavy atom. The highest BCUT2D eigenvalue weighted by molar-refractivity contribution is 5.89. The van der Waals surface area contributed by atoms with Crippen molar-refractivity contribution in [2.45, 2.75) is 0 Å². The summed E-state index contributed by atoms with van der Waals surface area (Å²) < 4.78 is 0. The molecule has 0 spiro atoms. The van der Waals surface area contributed by atoms with Crippen LogP contribution in [0.1, 0.15) is 0 Å². The Kier molecular flexibility index (Phi) is 1.86. The molecule has 7 nitrogen and oxygen atoms in total. The van der Waals surface area contributed by atoms with Crippen LogP contribution in [0.5, 0.6) is 11.5 Å². The van der Waals surface area contributed by atoms with Crippen LogP contribution in [0.15, 0.2) is 18.5 Å². The summed E-state index contributed by atoms with van der Waals surface area (Å²) >= 11 is 0. The zero-order chi connectivity index (χ0) is 11.0. The zero-order valence-corrected chi connectivity index (χ0v) is 7.28. The van der Waals surface area contributed by atoms with Crippen LogP contribution in [0, 0.1) is 10.1 Å². The van der Waals surface area contributed by atoms with E-state index in [0.29, 0.717) is 0 Å².